The van der Waals surface area contributed by atoms with Gasteiger partial charge >= 0.3 is 0 Å². The van der Waals surface area contributed by atoms with Crippen LogP contribution < -0.4 is 5.73 Å². The Morgan fingerprint density at radius 2 is 2.50 bits per heavy atom. The standard InChI is InChI=1S/C7H9N5OS/c1-2-4(8)6-9-7(13-11-6)5-3-14-12-10-5/h3-4H,2,8H2,1H3. The molecule has 2 aromatic rings. The zero-order valence-electron chi connectivity index (χ0n) is 7.54. The SMILES string of the molecule is CCC(N)c1noc(-c2csnn2)n1. The third-order valence-corrected chi connectivity index (χ3v) is 2.30. The number of rotatable bonds is 3. The van der Waals surface area contributed by atoms with Crippen LogP contribution >= 0.6 is 11.5 Å². The Labute approximate surface area is 84.3 Å². The summed E-state index contributed by atoms with van der Waals surface area (Å²) in [5.41, 5.74) is 6.34. The molecule has 2 N–H and O–H groups in total. The normalized spacial score (nSPS) is 13.0. The largest absolute Gasteiger partial charge is 0.332 e. The van der Waals surface area contributed by atoms with E-state index in [4.69, 9.17) is 10.3 Å². The maximum absolute atomic E-state index is 5.74. The van der Waals surface area contributed by atoms with Crippen molar-refractivity contribution in [2.45, 2.75) is 19.4 Å². The molecule has 0 fully saturated rings. The number of hydrogen-bond acceptors (Lipinski definition) is 7. The number of aromatic nitrogens is 4. The summed E-state index contributed by atoms with van der Waals surface area (Å²) in [5, 5.41) is 9.33. The molecule has 0 amide bonds. The van der Waals surface area contributed by atoms with Crippen molar-refractivity contribution in [3.8, 4) is 11.6 Å². The summed E-state index contributed by atoms with van der Waals surface area (Å²) in [6.07, 6.45) is 0.772. The van der Waals surface area contributed by atoms with E-state index in [0.717, 1.165) is 6.42 Å². The molecule has 0 aliphatic rings. The average molecular weight is 211 g/mol. The van der Waals surface area contributed by atoms with Gasteiger partial charge in [-0.1, -0.05) is 16.6 Å². The van der Waals surface area contributed by atoms with E-state index in [0.29, 0.717) is 17.4 Å². The van der Waals surface area contributed by atoms with Crippen LogP contribution in [-0.2, 0) is 0 Å². The van der Waals surface area contributed by atoms with Crippen LogP contribution in [0, 0.1) is 0 Å². The number of hydrogen-bond donors (Lipinski definition) is 1. The van der Waals surface area contributed by atoms with E-state index in [1.807, 2.05) is 6.92 Å². The van der Waals surface area contributed by atoms with E-state index >= 15 is 0 Å². The van der Waals surface area contributed by atoms with Crippen LogP contribution in [0.4, 0.5) is 0 Å². The zero-order chi connectivity index (χ0) is 9.97. The molecule has 1 atom stereocenters. The Morgan fingerprint density at radius 3 is 3.14 bits per heavy atom. The van der Waals surface area contributed by atoms with Crippen LogP contribution in [0.2, 0.25) is 0 Å². The Hall–Kier alpha value is -1.34. The fourth-order valence-corrected chi connectivity index (χ4v) is 1.36. The van der Waals surface area contributed by atoms with Gasteiger partial charge in [0.1, 0.15) is 0 Å². The molecule has 0 saturated heterocycles. The second-order valence-corrected chi connectivity index (χ2v) is 3.37. The lowest BCUT2D eigenvalue weighted by Crippen LogP contribution is -2.10. The van der Waals surface area contributed by atoms with E-state index in [9.17, 15) is 0 Å². The van der Waals surface area contributed by atoms with Gasteiger partial charge < -0.3 is 10.3 Å². The van der Waals surface area contributed by atoms with E-state index in [2.05, 4.69) is 19.7 Å². The third kappa shape index (κ3) is 1.64. The summed E-state index contributed by atoms with van der Waals surface area (Å²) in [5.74, 6) is 0.883. The van der Waals surface area contributed by atoms with Crippen LogP contribution in [0.15, 0.2) is 9.90 Å². The molecular weight excluding hydrogens is 202 g/mol. The van der Waals surface area contributed by atoms with Gasteiger partial charge in [0, 0.05) is 5.38 Å². The van der Waals surface area contributed by atoms with E-state index < -0.39 is 0 Å². The molecule has 0 bridgehead atoms. The van der Waals surface area contributed by atoms with Gasteiger partial charge in [-0.2, -0.15) is 4.98 Å². The predicted octanol–water partition coefficient (Wildman–Crippen LogP) is 0.998. The molecule has 0 spiro atoms. The van der Waals surface area contributed by atoms with Crippen molar-refractivity contribution in [3.05, 3.63) is 11.2 Å². The van der Waals surface area contributed by atoms with Crippen molar-refractivity contribution in [1.29, 1.82) is 0 Å². The van der Waals surface area contributed by atoms with Crippen molar-refractivity contribution in [1.82, 2.24) is 19.7 Å². The molecular formula is C7H9N5OS. The number of nitrogens with zero attached hydrogens (tertiary/aromatic N) is 4. The molecule has 2 heterocycles. The topological polar surface area (TPSA) is 90.7 Å². The minimum Gasteiger partial charge on any atom is -0.332 e. The Balaban J connectivity index is 2.26. The molecule has 0 aromatic carbocycles. The zero-order valence-corrected chi connectivity index (χ0v) is 8.36. The lowest BCUT2D eigenvalue weighted by atomic mass is 10.2. The number of nitrogens with two attached hydrogens (primary N) is 1. The molecule has 0 saturated carbocycles. The maximum atomic E-state index is 5.74. The van der Waals surface area contributed by atoms with E-state index in [1.165, 1.54) is 11.5 Å². The first kappa shape index (κ1) is 9.22. The van der Waals surface area contributed by atoms with Crippen molar-refractivity contribution in [2.75, 3.05) is 0 Å². The highest BCUT2D eigenvalue weighted by Gasteiger charge is 2.14. The fraction of sp³-hybridized carbons (Fsp3) is 0.429. The second kappa shape index (κ2) is 3.81. The molecule has 14 heavy (non-hydrogen) atoms. The van der Waals surface area contributed by atoms with Crippen LogP contribution in [-0.4, -0.2) is 19.7 Å². The van der Waals surface area contributed by atoms with Gasteiger partial charge in [-0.05, 0) is 18.0 Å². The Morgan fingerprint density at radius 1 is 1.64 bits per heavy atom. The molecule has 6 nitrogen and oxygen atoms in total. The molecule has 1 unspecified atom stereocenters. The van der Waals surface area contributed by atoms with Crippen LogP contribution in [0.1, 0.15) is 25.2 Å². The van der Waals surface area contributed by atoms with Gasteiger partial charge in [0.2, 0.25) is 0 Å². The Bertz CT molecular complexity index is 398. The fourth-order valence-electron chi connectivity index (χ4n) is 0.930. The third-order valence-electron chi connectivity index (χ3n) is 1.79. The van der Waals surface area contributed by atoms with Gasteiger partial charge in [-0.15, -0.1) is 5.10 Å². The quantitative estimate of drug-likeness (QED) is 0.814. The monoisotopic (exact) mass is 211 g/mol. The van der Waals surface area contributed by atoms with E-state index in [1.54, 1.807) is 5.38 Å². The molecule has 7 heteroatoms. The lowest BCUT2D eigenvalue weighted by molar-refractivity contribution is 0.414. The van der Waals surface area contributed by atoms with Gasteiger partial charge in [0.05, 0.1) is 6.04 Å². The van der Waals surface area contributed by atoms with Gasteiger partial charge in [-0.25, -0.2) is 0 Å². The van der Waals surface area contributed by atoms with E-state index in [-0.39, 0.29) is 6.04 Å². The van der Waals surface area contributed by atoms with Crippen molar-refractivity contribution in [2.24, 2.45) is 5.73 Å². The summed E-state index contributed by atoms with van der Waals surface area (Å²) in [6.45, 7) is 1.96. The average Bonchev–Trinajstić information content (AvgIpc) is 2.86. The highest BCUT2D eigenvalue weighted by atomic mass is 32.1. The van der Waals surface area contributed by atoms with Crippen molar-refractivity contribution >= 4 is 11.5 Å². The summed E-state index contributed by atoms with van der Waals surface area (Å²) in [7, 11) is 0. The predicted molar refractivity (Wildman–Crippen MR) is 50.4 cm³/mol. The first-order valence-corrected chi connectivity index (χ1v) is 5.01. The maximum Gasteiger partial charge on any atom is 0.279 e. The van der Waals surface area contributed by atoms with Crippen molar-refractivity contribution < 1.29 is 4.52 Å². The highest BCUT2D eigenvalue weighted by Crippen LogP contribution is 2.17. The Kier molecular flexibility index (Phi) is 2.51. The minimum absolute atomic E-state index is 0.181. The minimum atomic E-state index is -0.181. The summed E-state index contributed by atoms with van der Waals surface area (Å²) in [4.78, 5) is 4.12. The first-order chi connectivity index (χ1) is 6.81. The van der Waals surface area contributed by atoms with Gasteiger partial charge in [0.25, 0.3) is 5.89 Å². The van der Waals surface area contributed by atoms with Crippen LogP contribution in [0.5, 0.6) is 0 Å². The summed E-state index contributed by atoms with van der Waals surface area (Å²) >= 11 is 1.24. The van der Waals surface area contributed by atoms with Gasteiger partial charge in [-0.3, -0.25) is 0 Å². The van der Waals surface area contributed by atoms with Gasteiger partial charge in [0.15, 0.2) is 11.5 Å². The molecule has 74 valence electrons. The smallest absolute Gasteiger partial charge is 0.279 e. The first-order valence-electron chi connectivity index (χ1n) is 4.18. The summed E-state index contributed by atoms with van der Waals surface area (Å²) < 4.78 is 8.70. The molecule has 0 radical (unpaired) electrons. The molecule has 2 rings (SSSR count). The van der Waals surface area contributed by atoms with Crippen molar-refractivity contribution in [3.63, 3.8) is 0 Å². The van der Waals surface area contributed by atoms with Crippen LogP contribution in [0.3, 0.4) is 0 Å². The molecule has 0 aliphatic carbocycles. The molecule has 0 aliphatic heterocycles. The lowest BCUT2D eigenvalue weighted by Gasteiger charge is -1.98. The highest BCUT2D eigenvalue weighted by molar-refractivity contribution is 7.03. The molecule has 2 aromatic heterocycles. The second-order valence-electron chi connectivity index (χ2n) is 2.76. The van der Waals surface area contributed by atoms with Crippen LogP contribution in [0.25, 0.3) is 11.6 Å². The summed E-state index contributed by atoms with van der Waals surface area (Å²) in [6, 6.07) is -0.181.